The summed E-state index contributed by atoms with van der Waals surface area (Å²) in [7, 11) is 0. The lowest BCUT2D eigenvalue weighted by Crippen LogP contribution is -1.99. The minimum absolute atomic E-state index is 0.0766. The lowest BCUT2D eigenvalue weighted by molar-refractivity contribution is 0.146. The van der Waals surface area contributed by atoms with Gasteiger partial charge in [0.15, 0.2) is 5.15 Å². The summed E-state index contributed by atoms with van der Waals surface area (Å²) in [5, 5.41) is 0.299. The third-order valence-corrected chi connectivity index (χ3v) is 2.38. The molecular formula is C7H6BrClF2N2. The van der Waals surface area contributed by atoms with Crippen molar-refractivity contribution in [2.24, 2.45) is 0 Å². The Bertz CT molecular complexity index is 320. The Morgan fingerprint density at radius 2 is 2.23 bits per heavy atom. The fourth-order valence-electron chi connectivity index (χ4n) is 0.817. The summed E-state index contributed by atoms with van der Waals surface area (Å²) in [6.45, 7) is 0. The topological polar surface area (TPSA) is 38.9 Å². The van der Waals surface area contributed by atoms with E-state index in [4.69, 9.17) is 17.3 Å². The van der Waals surface area contributed by atoms with Crippen molar-refractivity contribution in [3.63, 3.8) is 0 Å². The van der Waals surface area contributed by atoms with Gasteiger partial charge in [0.05, 0.1) is 5.69 Å². The molecule has 2 nitrogen and oxygen atoms in total. The van der Waals surface area contributed by atoms with Crippen LogP contribution in [0.4, 0.5) is 14.5 Å². The van der Waals surface area contributed by atoms with Crippen LogP contribution < -0.4 is 5.73 Å². The van der Waals surface area contributed by atoms with Crippen molar-refractivity contribution >= 4 is 33.2 Å². The monoisotopic (exact) mass is 270 g/mol. The van der Waals surface area contributed by atoms with E-state index in [9.17, 15) is 8.78 Å². The van der Waals surface area contributed by atoms with Crippen molar-refractivity contribution in [2.45, 2.75) is 11.8 Å². The molecule has 1 aromatic rings. The molecule has 0 amide bonds. The second kappa shape index (κ2) is 4.19. The highest BCUT2D eigenvalue weighted by Crippen LogP contribution is 2.27. The van der Waals surface area contributed by atoms with Gasteiger partial charge < -0.3 is 5.73 Å². The SMILES string of the molecule is Nc1c(CBr)cc(C(F)F)nc1Cl. The molecule has 0 bridgehead atoms. The summed E-state index contributed by atoms with van der Waals surface area (Å²) in [6, 6.07) is 1.24. The smallest absolute Gasteiger partial charge is 0.280 e. The standard InChI is InChI=1S/C7H6BrClF2N2/c8-2-3-1-4(7(10)11)13-6(9)5(3)12/h1,7H,2,12H2. The van der Waals surface area contributed by atoms with Crippen LogP contribution in [0.3, 0.4) is 0 Å². The van der Waals surface area contributed by atoms with Gasteiger partial charge in [-0.05, 0) is 11.6 Å². The predicted octanol–water partition coefficient (Wildman–Crippen LogP) is 3.15. The first-order valence-electron chi connectivity index (χ1n) is 3.35. The Balaban J connectivity index is 3.22. The van der Waals surface area contributed by atoms with Gasteiger partial charge in [0.25, 0.3) is 6.43 Å². The van der Waals surface area contributed by atoms with Crippen LogP contribution in [-0.4, -0.2) is 4.98 Å². The summed E-state index contributed by atoms with van der Waals surface area (Å²) in [4.78, 5) is 3.45. The average molecular weight is 271 g/mol. The molecule has 0 aliphatic heterocycles. The number of alkyl halides is 3. The molecule has 13 heavy (non-hydrogen) atoms. The number of hydrogen-bond acceptors (Lipinski definition) is 2. The van der Waals surface area contributed by atoms with Gasteiger partial charge in [-0.25, -0.2) is 13.8 Å². The van der Waals surface area contributed by atoms with Crippen molar-refractivity contribution < 1.29 is 8.78 Å². The summed E-state index contributed by atoms with van der Waals surface area (Å²) in [6.07, 6.45) is -2.63. The van der Waals surface area contributed by atoms with Gasteiger partial charge >= 0.3 is 0 Å². The van der Waals surface area contributed by atoms with Crippen LogP contribution in [0.25, 0.3) is 0 Å². The first-order chi connectivity index (χ1) is 6.06. The average Bonchev–Trinajstić information content (AvgIpc) is 2.09. The minimum Gasteiger partial charge on any atom is -0.396 e. The van der Waals surface area contributed by atoms with Crippen molar-refractivity contribution in [1.82, 2.24) is 4.98 Å². The molecule has 1 heterocycles. The molecule has 0 saturated carbocycles. The Labute approximate surface area is 87.2 Å². The third kappa shape index (κ3) is 2.28. The van der Waals surface area contributed by atoms with E-state index < -0.39 is 6.43 Å². The van der Waals surface area contributed by atoms with Crippen LogP contribution in [0.15, 0.2) is 6.07 Å². The van der Waals surface area contributed by atoms with Crippen LogP contribution in [0.2, 0.25) is 5.15 Å². The maximum absolute atomic E-state index is 12.2. The van der Waals surface area contributed by atoms with Gasteiger partial charge in [0, 0.05) is 5.33 Å². The summed E-state index contributed by atoms with van der Waals surface area (Å²) < 4.78 is 24.4. The molecule has 72 valence electrons. The second-order valence-electron chi connectivity index (χ2n) is 2.35. The van der Waals surface area contributed by atoms with Gasteiger partial charge in [-0.3, -0.25) is 0 Å². The van der Waals surface area contributed by atoms with Crippen molar-refractivity contribution in [3.05, 3.63) is 22.5 Å². The molecule has 1 rings (SSSR count). The molecule has 0 aromatic carbocycles. The van der Waals surface area contributed by atoms with Gasteiger partial charge in [0.2, 0.25) is 0 Å². The quantitative estimate of drug-likeness (QED) is 0.663. The summed E-state index contributed by atoms with van der Waals surface area (Å²) in [5.41, 5.74) is 5.90. The van der Waals surface area contributed by atoms with E-state index in [1.165, 1.54) is 6.07 Å². The van der Waals surface area contributed by atoms with Crippen LogP contribution >= 0.6 is 27.5 Å². The molecule has 0 unspecified atom stereocenters. The van der Waals surface area contributed by atoms with Crippen molar-refractivity contribution in [2.75, 3.05) is 5.73 Å². The van der Waals surface area contributed by atoms with Crippen LogP contribution in [0.1, 0.15) is 17.7 Å². The summed E-state index contributed by atoms with van der Waals surface area (Å²) in [5.74, 6) is 0. The number of aromatic nitrogens is 1. The first kappa shape index (κ1) is 10.7. The molecule has 0 spiro atoms. The predicted molar refractivity (Wildman–Crippen MR) is 51.2 cm³/mol. The maximum atomic E-state index is 12.2. The molecule has 0 fully saturated rings. The molecule has 0 aliphatic rings. The fourth-order valence-corrected chi connectivity index (χ4v) is 1.50. The first-order valence-corrected chi connectivity index (χ1v) is 4.85. The van der Waals surface area contributed by atoms with E-state index in [1.54, 1.807) is 0 Å². The minimum atomic E-state index is -2.63. The van der Waals surface area contributed by atoms with Crippen LogP contribution in [0.5, 0.6) is 0 Å². The van der Waals surface area contributed by atoms with E-state index in [-0.39, 0.29) is 16.5 Å². The van der Waals surface area contributed by atoms with E-state index in [1.807, 2.05) is 0 Å². The molecule has 0 saturated heterocycles. The van der Waals surface area contributed by atoms with E-state index >= 15 is 0 Å². The van der Waals surface area contributed by atoms with E-state index in [0.29, 0.717) is 10.9 Å². The molecule has 1 aromatic heterocycles. The number of pyridine rings is 1. The zero-order valence-corrected chi connectivity index (χ0v) is 8.74. The molecule has 0 atom stereocenters. The van der Waals surface area contributed by atoms with Gasteiger partial charge in [-0.1, -0.05) is 27.5 Å². The molecule has 0 radical (unpaired) electrons. The normalized spacial score (nSPS) is 10.8. The van der Waals surface area contributed by atoms with Gasteiger partial charge in [0.1, 0.15) is 5.69 Å². The number of hydrogen-bond donors (Lipinski definition) is 1. The van der Waals surface area contributed by atoms with E-state index in [0.717, 1.165) is 0 Å². The molecule has 0 aliphatic carbocycles. The lowest BCUT2D eigenvalue weighted by atomic mass is 10.2. The van der Waals surface area contributed by atoms with E-state index in [2.05, 4.69) is 20.9 Å². The lowest BCUT2D eigenvalue weighted by Gasteiger charge is -2.06. The Morgan fingerprint density at radius 3 is 2.69 bits per heavy atom. The number of nitrogen functional groups attached to an aromatic ring is 1. The van der Waals surface area contributed by atoms with Gasteiger partial charge in [-0.15, -0.1) is 0 Å². The molecule has 2 N–H and O–H groups in total. The highest BCUT2D eigenvalue weighted by molar-refractivity contribution is 9.08. The second-order valence-corrected chi connectivity index (χ2v) is 3.26. The van der Waals surface area contributed by atoms with Gasteiger partial charge in [-0.2, -0.15) is 0 Å². The number of nitrogens with two attached hydrogens (primary N) is 1. The van der Waals surface area contributed by atoms with Crippen LogP contribution in [-0.2, 0) is 5.33 Å². The third-order valence-electron chi connectivity index (χ3n) is 1.49. The molecular weight excluding hydrogens is 265 g/mol. The van der Waals surface area contributed by atoms with Crippen LogP contribution in [0, 0.1) is 0 Å². The summed E-state index contributed by atoms with van der Waals surface area (Å²) >= 11 is 8.67. The molecule has 6 heteroatoms. The fraction of sp³-hybridized carbons (Fsp3) is 0.286. The maximum Gasteiger partial charge on any atom is 0.280 e. The number of halogens is 4. The Kier molecular flexibility index (Phi) is 3.44. The Hall–Kier alpha value is -0.420. The number of anilines is 1. The highest BCUT2D eigenvalue weighted by atomic mass is 79.9. The zero-order chi connectivity index (χ0) is 10.0. The van der Waals surface area contributed by atoms with Crippen molar-refractivity contribution in [1.29, 1.82) is 0 Å². The van der Waals surface area contributed by atoms with Crippen molar-refractivity contribution in [3.8, 4) is 0 Å². The zero-order valence-electron chi connectivity index (χ0n) is 6.40. The largest absolute Gasteiger partial charge is 0.396 e. The Morgan fingerprint density at radius 1 is 1.62 bits per heavy atom. The number of nitrogens with zero attached hydrogens (tertiary/aromatic N) is 1. The number of rotatable bonds is 2. The highest BCUT2D eigenvalue weighted by Gasteiger charge is 2.13.